The molecule has 92 valence electrons. The SMILES string of the molecule is CN1CCNC(c2ccnc(Cl)c2)C1.Cl.Cl. The van der Waals surface area contributed by atoms with Crippen molar-refractivity contribution >= 4 is 36.4 Å². The Morgan fingerprint density at radius 1 is 1.50 bits per heavy atom. The van der Waals surface area contributed by atoms with Gasteiger partial charge < -0.3 is 10.2 Å². The fourth-order valence-electron chi connectivity index (χ4n) is 1.75. The molecular formula is C10H16Cl3N3. The van der Waals surface area contributed by atoms with Gasteiger partial charge >= 0.3 is 0 Å². The van der Waals surface area contributed by atoms with Crippen LogP contribution in [0.15, 0.2) is 18.3 Å². The van der Waals surface area contributed by atoms with Crippen molar-refractivity contribution in [2.45, 2.75) is 6.04 Å². The molecular weight excluding hydrogens is 268 g/mol. The molecule has 1 N–H and O–H groups in total. The summed E-state index contributed by atoms with van der Waals surface area (Å²) in [5.41, 5.74) is 1.22. The van der Waals surface area contributed by atoms with Gasteiger partial charge in [0.1, 0.15) is 5.15 Å². The third-order valence-electron chi connectivity index (χ3n) is 2.53. The molecule has 2 heterocycles. The number of likely N-dealkylation sites (N-methyl/N-ethyl adjacent to an activating group) is 1. The van der Waals surface area contributed by atoms with Crippen molar-refractivity contribution in [3.8, 4) is 0 Å². The van der Waals surface area contributed by atoms with Crippen LogP contribution in [0.2, 0.25) is 5.15 Å². The quantitative estimate of drug-likeness (QED) is 0.801. The average molecular weight is 285 g/mol. The van der Waals surface area contributed by atoms with Gasteiger partial charge in [-0.1, -0.05) is 11.6 Å². The van der Waals surface area contributed by atoms with Gasteiger partial charge in [0.15, 0.2) is 0 Å². The minimum Gasteiger partial charge on any atom is -0.308 e. The summed E-state index contributed by atoms with van der Waals surface area (Å²) in [6, 6.07) is 4.33. The standard InChI is InChI=1S/C10H14ClN3.2ClH/c1-14-5-4-12-9(7-14)8-2-3-13-10(11)6-8;;/h2-3,6,9,12H,4-5,7H2,1H3;2*1H. The summed E-state index contributed by atoms with van der Waals surface area (Å²) in [7, 11) is 2.14. The van der Waals surface area contributed by atoms with Crippen LogP contribution in [0.4, 0.5) is 0 Å². The number of halogens is 3. The Bertz CT molecular complexity index is 322. The summed E-state index contributed by atoms with van der Waals surface area (Å²) in [4.78, 5) is 6.29. The predicted molar refractivity (Wildman–Crippen MR) is 72.0 cm³/mol. The molecule has 2 rings (SSSR count). The van der Waals surface area contributed by atoms with Crippen LogP contribution < -0.4 is 5.32 Å². The van der Waals surface area contributed by atoms with E-state index in [0.29, 0.717) is 11.2 Å². The predicted octanol–water partition coefficient (Wildman–Crippen LogP) is 2.15. The Morgan fingerprint density at radius 3 is 2.88 bits per heavy atom. The maximum Gasteiger partial charge on any atom is 0.129 e. The molecule has 1 aliphatic rings. The van der Waals surface area contributed by atoms with Gasteiger partial charge in [-0.3, -0.25) is 0 Å². The fraction of sp³-hybridized carbons (Fsp3) is 0.500. The first kappa shape index (κ1) is 15.9. The van der Waals surface area contributed by atoms with Gasteiger partial charge in [0.25, 0.3) is 0 Å². The van der Waals surface area contributed by atoms with E-state index < -0.39 is 0 Å². The van der Waals surface area contributed by atoms with Crippen LogP contribution in [-0.2, 0) is 0 Å². The van der Waals surface area contributed by atoms with E-state index in [-0.39, 0.29) is 24.8 Å². The summed E-state index contributed by atoms with van der Waals surface area (Å²) in [6.07, 6.45) is 1.76. The van der Waals surface area contributed by atoms with Gasteiger partial charge in [-0.05, 0) is 24.7 Å². The summed E-state index contributed by atoms with van der Waals surface area (Å²) >= 11 is 5.85. The lowest BCUT2D eigenvalue weighted by Crippen LogP contribution is -2.43. The second kappa shape index (κ2) is 7.30. The van der Waals surface area contributed by atoms with Crippen LogP contribution in [0.25, 0.3) is 0 Å². The number of pyridine rings is 1. The Labute approximate surface area is 113 Å². The van der Waals surface area contributed by atoms with E-state index in [9.17, 15) is 0 Å². The first-order valence-corrected chi connectivity index (χ1v) is 5.17. The van der Waals surface area contributed by atoms with E-state index >= 15 is 0 Å². The monoisotopic (exact) mass is 283 g/mol. The van der Waals surface area contributed by atoms with Gasteiger partial charge in [0, 0.05) is 31.9 Å². The highest BCUT2D eigenvalue weighted by atomic mass is 35.5. The molecule has 1 saturated heterocycles. The Balaban J connectivity index is 0.00000112. The summed E-state index contributed by atoms with van der Waals surface area (Å²) in [5.74, 6) is 0. The first-order chi connectivity index (χ1) is 6.75. The number of nitrogens with one attached hydrogen (secondary N) is 1. The maximum absolute atomic E-state index is 5.85. The molecule has 1 unspecified atom stereocenters. The third kappa shape index (κ3) is 4.07. The lowest BCUT2D eigenvalue weighted by atomic mass is 10.1. The van der Waals surface area contributed by atoms with Crippen molar-refractivity contribution in [2.75, 3.05) is 26.7 Å². The van der Waals surface area contributed by atoms with Crippen molar-refractivity contribution in [1.29, 1.82) is 0 Å². The molecule has 0 aromatic carbocycles. The summed E-state index contributed by atoms with van der Waals surface area (Å²) in [6.45, 7) is 3.16. The highest BCUT2D eigenvalue weighted by Gasteiger charge is 2.17. The van der Waals surface area contributed by atoms with E-state index in [0.717, 1.165) is 19.6 Å². The number of rotatable bonds is 1. The van der Waals surface area contributed by atoms with Crippen LogP contribution in [0, 0.1) is 0 Å². The molecule has 1 fully saturated rings. The molecule has 1 aromatic rings. The van der Waals surface area contributed by atoms with E-state index in [2.05, 4.69) is 22.2 Å². The molecule has 1 aliphatic heterocycles. The van der Waals surface area contributed by atoms with Gasteiger partial charge in [-0.25, -0.2) is 4.98 Å². The largest absolute Gasteiger partial charge is 0.308 e. The average Bonchev–Trinajstić information content (AvgIpc) is 2.18. The van der Waals surface area contributed by atoms with Crippen LogP contribution in [0.1, 0.15) is 11.6 Å². The maximum atomic E-state index is 5.85. The highest BCUT2D eigenvalue weighted by molar-refractivity contribution is 6.29. The zero-order valence-electron chi connectivity index (χ0n) is 9.02. The molecule has 0 spiro atoms. The molecule has 0 saturated carbocycles. The van der Waals surface area contributed by atoms with Gasteiger partial charge in [-0.15, -0.1) is 24.8 Å². The third-order valence-corrected chi connectivity index (χ3v) is 2.74. The molecule has 6 heteroatoms. The zero-order valence-corrected chi connectivity index (χ0v) is 11.4. The second-order valence-electron chi connectivity index (χ2n) is 3.68. The Kier molecular flexibility index (Phi) is 7.27. The highest BCUT2D eigenvalue weighted by Crippen LogP contribution is 2.18. The molecule has 0 aliphatic carbocycles. The minimum atomic E-state index is 0. The summed E-state index contributed by atoms with van der Waals surface area (Å²) in [5, 5.41) is 4.03. The van der Waals surface area contributed by atoms with E-state index in [1.807, 2.05) is 12.1 Å². The van der Waals surface area contributed by atoms with Crippen molar-refractivity contribution in [1.82, 2.24) is 15.2 Å². The lowest BCUT2D eigenvalue weighted by molar-refractivity contribution is 0.241. The lowest BCUT2D eigenvalue weighted by Gasteiger charge is -2.31. The molecule has 3 nitrogen and oxygen atoms in total. The zero-order chi connectivity index (χ0) is 9.97. The van der Waals surface area contributed by atoms with Crippen LogP contribution in [0.5, 0.6) is 0 Å². The van der Waals surface area contributed by atoms with Gasteiger partial charge in [0.05, 0.1) is 0 Å². The normalized spacial score (nSPS) is 20.8. The number of piperazine rings is 1. The summed E-state index contributed by atoms with van der Waals surface area (Å²) < 4.78 is 0. The van der Waals surface area contributed by atoms with Crippen molar-refractivity contribution in [3.63, 3.8) is 0 Å². The number of hydrogen-bond acceptors (Lipinski definition) is 3. The Hall–Kier alpha value is -0.0600. The smallest absolute Gasteiger partial charge is 0.129 e. The van der Waals surface area contributed by atoms with E-state index in [1.54, 1.807) is 6.20 Å². The van der Waals surface area contributed by atoms with E-state index in [4.69, 9.17) is 11.6 Å². The van der Waals surface area contributed by atoms with Gasteiger partial charge in [0.2, 0.25) is 0 Å². The molecule has 16 heavy (non-hydrogen) atoms. The second-order valence-corrected chi connectivity index (χ2v) is 4.07. The van der Waals surface area contributed by atoms with Crippen LogP contribution in [-0.4, -0.2) is 36.6 Å². The minimum absolute atomic E-state index is 0. The van der Waals surface area contributed by atoms with Crippen LogP contribution in [0.3, 0.4) is 0 Å². The molecule has 0 radical (unpaired) electrons. The number of aromatic nitrogens is 1. The molecule has 1 atom stereocenters. The first-order valence-electron chi connectivity index (χ1n) is 4.79. The van der Waals surface area contributed by atoms with Crippen molar-refractivity contribution in [3.05, 3.63) is 29.0 Å². The van der Waals surface area contributed by atoms with Crippen LogP contribution >= 0.6 is 36.4 Å². The number of nitrogens with zero attached hydrogens (tertiary/aromatic N) is 2. The number of hydrogen-bond donors (Lipinski definition) is 1. The van der Waals surface area contributed by atoms with E-state index in [1.165, 1.54) is 5.56 Å². The van der Waals surface area contributed by atoms with Crippen molar-refractivity contribution in [2.24, 2.45) is 0 Å². The van der Waals surface area contributed by atoms with Crippen molar-refractivity contribution < 1.29 is 0 Å². The molecule has 0 amide bonds. The molecule has 1 aromatic heterocycles. The molecule has 0 bridgehead atoms. The fourth-order valence-corrected chi connectivity index (χ4v) is 1.94. The topological polar surface area (TPSA) is 28.2 Å². The van der Waals surface area contributed by atoms with Gasteiger partial charge in [-0.2, -0.15) is 0 Å². The Morgan fingerprint density at radius 2 is 2.25 bits per heavy atom.